The van der Waals surface area contributed by atoms with Crippen LogP contribution in [0.5, 0.6) is 0 Å². The van der Waals surface area contributed by atoms with Gasteiger partial charge in [0.25, 0.3) is 0 Å². The molecule has 0 atom stereocenters. The second kappa shape index (κ2) is 4.53. The van der Waals surface area contributed by atoms with Crippen LogP contribution in [-0.4, -0.2) is 37.5 Å². The topological polar surface area (TPSA) is 83.6 Å². The monoisotopic (exact) mass is 270 g/mol. The number of hydrogen-bond acceptors (Lipinski definition) is 4. The van der Waals surface area contributed by atoms with Crippen LogP contribution in [0.15, 0.2) is 17.0 Å². The van der Waals surface area contributed by atoms with Gasteiger partial charge in [-0.15, -0.1) is 0 Å². The van der Waals surface area contributed by atoms with Crippen LogP contribution in [0.25, 0.3) is 0 Å². The first-order valence-corrected chi connectivity index (χ1v) is 7.28. The summed E-state index contributed by atoms with van der Waals surface area (Å²) < 4.78 is 26.2. The molecule has 0 aliphatic carbocycles. The van der Waals surface area contributed by atoms with Crippen molar-refractivity contribution in [3.63, 3.8) is 0 Å². The van der Waals surface area contributed by atoms with Crippen LogP contribution in [0.2, 0.25) is 0 Å². The molecule has 1 saturated heterocycles. The molecule has 18 heavy (non-hydrogen) atoms. The molecule has 1 aliphatic rings. The van der Waals surface area contributed by atoms with Crippen molar-refractivity contribution < 1.29 is 13.5 Å². The van der Waals surface area contributed by atoms with Crippen LogP contribution < -0.4 is 5.73 Å². The highest BCUT2D eigenvalue weighted by Gasteiger charge is 2.37. The third-order valence-electron chi connectivity index (χ3n) is 3.34. The Morgan fingerprint density at radius 2 is 2.00 bits per heavy atom. The molecule has 0 spiro atoms. The summed E-state index contributed by atoms with van der Waals surface area (Å²) in [6.45, 7) is 4.33. The Morgan fingerprint density at radius 3 is 2.56 bits per heavy atom. The number of nitrogens with two attached hydrogens (primary N) is 1. The van der Waals surface area contributed by atoms with Gasteiger partial charge in [0.2, 0.25) is 10.0 Å². The number of hydrogen-bond donors (Lipinski definition) is 2. The van der Waals surface area contributed by atoms with E-state index in [9.17, 15) is 8.42 Å². The minimum absolute atomic E-state index is 0.0287. The van der Waals surface area contributed by atoms with Crippen molar-refractivity contribution in [2.45, 2.75) is 18.7 Å². The lowest BCUT2D eigenvalue weighted by Crippen LogP contribution is -2.51. The molecule has 0 amide bonds. The van der Waals surface area contributed by atoms with Crippen molar-refractivity contribution in [3.8, 4) is 0 Å². The van der Waals surface area contributed by atoms with Crippen LogP contribution in [0.3, 0.4) is 0 Å². The van der Waals surface area contributed by atoms with Gasteiger partial charge >= 0.3 is 0 Å². The van der Waals surface area contributed by atoms with Gasteiger partial charge in [0, 0.05) is 31.3 Å². The summed E-state index contributed by atoms with van der Waals surface area (Å²) in [6.07, 6.45) is 0. The molecule has 0 unspecified atom stereocenters. The van der Waals surface area contributed by atoms with Crippen molar-refractivity contribution in [2.24, 2.45) is 5.92 Å². The number of sulfonamides is 1. The predicted octanol–water partition coefficient (Wildman–Crippen LogP) is 0.498. The number of nitrogens with zero attached hydrogens (tertiary/aromatic N) is 1. The molecule has 1 fully saturated rings. The van der Waals surface area contributed by atoms with Crippen LogP contribution in [-0.2, 0) is 10.0 Å². The summed E-state index contributed by atoms with van der Waals surface area (Å²) >= 11 is 0. The highest BCUT2D eigenvalue weighted by Crippen LogP contribution is 2.29. The SMILES string of the molecule is Cc1cc(N)c(C)c(S(=O)(=O)N2CC(CO)C2)c1. The van der Waals surface area contributed by atoms with E-state index in [1.54, 1.807) is 19.1 Å². The summed E-state index contributed by atoms with van der Waals surface area (Å²) in [6, 6.07) is 3.41. The molecule has 1 aliphatic heterocycles. The van der Waals surface area contributed by atoms with Gasteiger partial charge in [-0.25, -0.2) is 8.42 Å². The van der Waals surface area contributed by atoms with E-state index in [0.717, 1.165) is 5.56 Å². The average Bonchev–Trinajstić information content (AvgIpc) is 2.21. The first kappa shape index (κ1) is 13.3. The van der Waals surface area contributed by atoms with Gasteiger partial charge in [-0.3, -0.25) is 0 Å². The van der Waals surface area contributed by atoms with Gasteiger partial charge < -0.3 is 10.8 Å². The molecule has 2 rings (SSSR count). The van der Waals surface area contributed by atoms with Gasteiger partial charge in [0.15, 0.2) is 0 Å². The maximum atomic E-state index is 12.4. The molecule has 1 aromatic carbocycles. The number of nitrogen functional groups attached to an aromatic ring is 1. The van der Waals surface area contributed by atoms with E-state index in [0.29, 0.717) is 24.3 Å². The zero-order valence-corrected chi connectivity index (χ0v) is 11.4. The van der Waals surface area contributed by atoms with E-state index in [-0.39, 0.29) is 17.4 Å². The van der Waals surface area contributed by atoms with E-state index in [2.05, 4.69) is 0 Å². The molecule has 0 radical (unpaired) electrons. The number of rotatable bonds is 3. The fourth-order valence-corrected chi connectivity index (χ4v) is 4.03. The number of aryl methyl sites for hydroxylation is 1. The molecule has 0 bridgehead atoms. The smallest absolute Gasteiger partial charge is 0.243 e. The van der Waals surface area contributed by atoms with Gasteiger partial charge in [-0.1, -0.05) is 0 Å². The van der Waals surface area contributed by atoms with Gasteiger partial charge in [-0.2, -0.15) is 4.31 Å². The maximum absolute atomic E-state index is 12.4. The summed E-state index contributed by atoms with van der Waals surface area (Å²) in [4.78, 5) is 0.274. The second-order valence-corrected chi connectivity index (χ2v) is 6.75. The van der Waals surface area contributed by atoms with Crippen molar-refractivity contribution in [1.29, 1.82) is 0 Å². The first-order valence-electron chi connectivity index (χ1n) is 5.84. The largest absolute Gasteiger partial charge is 0.398 e. The molecule has 3 N–H and O–H groups in total. The first-order chi connectivity index (χ1) is 8.36. The quantitative estimate of drug-likeness (QED) is 0.783. The van der Waals surface area contributed by atoms with E-state index in [1.165, 1.54) is 4.31 Å². The number of benzene rings is 1. The zero-order valence-electron chi connectivity index (χ0n) is 10.5. The van der Waals surface area contributed by atoms with Crippen molar-refractivity contribution in [3.05, 3.63) is 23.3 Å². The Hall–Kier alpha value is -1.11. The Morgan fingerprint density at radius 1 is 1.39 bits per heavy atom. The van der Waals surface area contributed by atoms with E-state index >= 15 is 0 Å². The van der Waals surface area contributed by atoms with Crippen LogP contribution in [0, 0.1) is 19.8 Å². The Bertz CT molecular complexity index is 563. The number of anilines is 1. The van der Waals surface area contributed by atoms with Gasteiger partial charge in [0.05, 0.1) is 4.90 Å². The van der Waals surface area contributed by atoms with Crippen molar-refractivity contribution >= 4 is 15.7 Å². The molecule has 6 heteroatoms. The molecule has 1 aromatic rings. The zero-order chi connectivity index (χ0) is 13.5. The molecule has 0 saturated carbocycles. The lowest BCUT2D eigenvalue weighted by Gasteiger charge is -2.37. The Labute approximate surface area is 107 Å². The number of aliphatic hydroxyl groups is 1. The summed E-state index contributed by atoms with van der Waals surface area (Å²) in [5.74, 6) is 0.0576. The average molecular weight is 270 g/mol. The fraction of sp³-hybridized carbons (Fsp3) is 0.500. The van der Waals surface area contributed by atoms with Crippen LogP contribution in [0.4, 0.5) is 5.69 Å². The Balaban J connectivity index is 2.37. The highest BCUT2D eigenvalue weighted by molar-refractivity contribution is 7.89. The number of aliphatic hydroxyl groups excluding tert-OH is 1. The molecular formula is C12H18N2O3S. The van der Waals surface area contributed by atoms with Crippen LogP contribution >= 0.6 is 0 Å². The summed E-state index contributed by atoms with van der Waals surface area (Å²) in [5.41, 5.74) is 7.72. The van der Waals surface area contributed by atoms with E-state index in [4.69, 9.17) is 10.8 Å². The normalized spacial score (nSPS) is 17.7. The lowest BCUT2D eigenvalue weighted by atomic mass is 10.1. The van der Waals surface area contributed by atoms with Crippen molar-refractivity contribution in [1.82, 2.24) is 4.31 Å². The molecule has 1 heterocycles. The molecule has 0 aromatic heterocycles. The molecular weight excluding hydrogens is 252 g/mol. The summed E-state index contributed by atoms with van der Waals surface area (Å²) in [5, 5.41) is 8.94. The van der Waals surface area contributed by atoms with Crippen molar-refractivity contribution in [2.75, 3.05) is 25.4 Å². The van der Waals surface area contributed by atoms with Gasteiger partial charge in [-0.05, 0) is 37.1 Å². The maximum Gasteiger partial charge on any atom is 0.243 e. The lowest BCUT2D eigenvalue weighted by molar-refractivity contribution is 0.117. The Kier molecular flexibility index (Phi) is 3.35. The minimum Gasteiger partial charge on any atom is -0.398 e. The van der Waals surface area contributed by atoms with E-state index < -0.39 is 10.0 Å². The molecule has 5 nitrogen and oxygen atoms in total. The van der Waals surface area contributed by atoms with Crippen LogP contribution in [0.1, 0.15) is 11.1 Å². The highest BCUT2D eigenvalue weighted by atomic mass is 32.2. The predicted molar refractivity (Wildman–Crippen MR) is 69.7 cm³/mol. The molecule has 100 valence electrons. The van der Waals surface area contributed by atoms with Gasteiger partial charge in [0.1, 0.15) is 0 Å². The third-order valence-corrected chi connectivity index (χ3v) is 5.30. The second-order valence-electron chi connectivity index (χ2n) is 4.85. The third kappa shape index (κ3) is 2.11. The van der Waals surface area contributed by atoms with E-state index in [1.807, 2.05) is 6.92 Å². The minimum atomic E-state index is -3.48. The summed E-state index contributed by atoms with van der Waals surface area (Å²) in [7, 11) is -3.48. The standard InChI is InChI=1S/C12H18N2O3S/c1-8-3-11(13)9(2)12(4-8)18(16,17)14-5-10(6-14)7-15/h3-4,10,15H,5-7,13H2,1-2H3. The fourth-order valence-electron chi connectivity index (χ4n) is 2.09.